The van der Waals surface area contributed by atoms with Gasteiger partial charge in [-0.1, -0.05) is 111 Å². The summed E-state index contributed by atoms with van der Waals surface area (Å²) in [5, 5.41) is 79.5. The number of esters is 1. The zero-order chi connectivity index (χ0) is 64.9. The van der Waals surface area contributed by atoms with Crippen molar-refractivity contribution in [1.82, 2.24) is 26.6 Å². The van der Waals surface area contributed by atoms with Gasteiger partial charge in [-0.15, -0.1) is 0 Å². The van der Waals surface area contributed by atoms with Gasteiger partial charge in [0.05, 0.1) is 28.4 Å². The highest BCUT2D eigenvalue weighted by Crippen LogP contribution is 2.74. The molecule has 14 nitrogen and oxygen atoms in total. The van der Waals surface area contributed by atoms with Crippen molar-refractivity contribution in [3.05, 3.63) is 159 Å². The van der Waals surface area contributed by atoms with Gasteiger partial charge >= 0.3 is 5.97 Å². The summed E-state index contributed by atoms with van der Waals surface area (Å²) >= 11 is 0. The predicted molar refractivity (Wildman–Crippen MR) is 365 cm³/mol. The number of β-amino-alcohol motifs (C(OH)–C–C–N with tert-alkyl or cyclic N) is 1. The number of phenolic OH excluding ortho intramolecular Hbond substituents is 1. The number of aromatic hydroxyl groups is 2. The number of ether oxygens (including phenoxy) is 1. The molecule has 1 spiro atoms. The molecule has 0 unspecified atom stereocenters. The van der Waals surface area contributed by atoms with Crippen LogP contribution in [0.5, 0.6) is 11.7 Å². The van der Waals surface area contributed by atoms with E-state index in [4.69, 9.17) is 9.15 Å². The maximum atomic E-state index is 16.5. The van der Waals surface area contributed by atoms with Crippen LogP contribution in [0.15, 0.2) is 113 Å². The lowest BCUT2D eigenvalue weighted by atomic mass is 9.44. The number of Topliss-reactive ketones (excluding diaryl/α,β-unsaturated/α-hetero) is 1. The van der Waals surface area contributed by atoms with Gasteiger partial charge in [0.25, 0.3) is 5.95 Å². The van der Waals surface area contributed by atoms with E-state index in [1.165, 1.54) is 11.1 Å². The fourth-order valence-corrected chi connectivity index (χ4v) is 20.0. The third-order valence-corrected chi connectivity index (χ3v) is 24.3. The van der Waals surface area contributed by atoms with E-state index in [0.29, 0.717) is 101 Å². The summed E-state index contributed by atoms with van der Waals surface area (Å²) in [4.78, 5) is 32.0. The van der Waals surface area contributed by atoms with Crippen LogP contribution in [0.3, 0.4) is 0 Å². The summed E-state index contributed by atoms with van der Waals surface area (Å²) < 4.78 is 13.6. The van der Waals surface area contributed by atoms with Crippen LogP contribution in [-0.4, -0.2) is 94.5 Å². The molecule has 6 heterocycles. The van der Waals surface area contributed by atoms with E-state index in [9.17, 15) is 25.5 Å². The first kappa shape index (κ1) is 64.9. The van der Waals surface area contributed by atoms with Crippen LogP contribution in [0.4, 0.5) is 0 Å². The predicted octanol–water partition coefficient (Wildman–Crippen LogP) is 12.0. The number of cyclic esters (lactones) is 1. The van der Waals surface area contributed by atoms with Gasteiger partial charge in [-0.05, 0) is 245 Å². The van der Waals surface area contributed by atoms with Crippen molar-refractivity contribution in [2.75, 3.05) is 39.8 Å². The molecular formula is C80H99N5O9. The molecule has 5 fully saturated rings. The van der Waals surface area contributed by atoms with E-state index in [2.05, 4.69) is 106 Å². The molecule has 5 aromatic rings. The number of allylic oxidation sites excluding steroid dienone is 3. The molecule has 0 radical (unpaired) electrons. The van der Waals surface area contributed by atoms with Gasteiger partial charge in [0.15, 0.2) is 11.5 Å². The molecule has 498 valence electrons. The van der Waals surface area contributed by atoms with E-state index in [1.54, 1.807) is 6.07 Å². The lowest BCUT2D eigenvalue weighted by Crippen LogP contribution is -2.50. The minimum absolute atomic E-state index is 0.0208. The summed E-state index contributed by atoms with van der Waals surface area (Å²) in [5.41, 5.74) is 7.34. The second-order valence-corrected chi connectivity index (χ2v) is 30.3. The van der Waals surface area contributed by atoms with Crippen molar-refractivity contribution < 1.29 is 44.3 Å². The van der Waals surface area contributed by atoms with Gasteiger partial charge in [-0.25, -0.2) is 4.79 Å². The van der Waals surface area contributed by atoms with Crippen molar-refractivity contribution >= 4 is 17.3 Å². The number of aliphatic hydroxyl groups excluding tert-OH is 1. The SMILES string of the molecule is CCCNCc1cc2cc(c1)[C@@H]1NC[C@@](C)(O)CC#C[C@H](C3(O)CCCCC3)C[C@@H]3C[C@@]([C@@H]4CCN[C@H](NC)C4)(CC(=O)c4oc(O)c5c4CC[C@H]4[C@H]6CC[C@]7(C(=C6c6cc(O)ccc6-c6cccc(c6)CNCC2)C(=O)O/C7=C\[C@H](CCO)Cc2ccccc2)[C@@H]54)C[C@H]31. The Morgan fingerprint density at radius 2 is 1.69 bits per heavy atom. The average molecular weight is 1270 g/mol. The number of fused-ring (bicyclic) bond motifs is 5. The number of nitrogens with one attached hydrogen (secondary N) is 5. The molecule has 6 aliphatic carbocycles. The van der Waals surface area contributed by atoms with Crippen LogP contribution in [0.25, 0.3) is 16.7 Å². The van der Waals surface area contributed by atoms with E-state index < -0.39 is 33.9 Å². The number of ketones is 1. The number of phenols is 1. The van der Waals surface area contributed by atoms with Gasteiger partial charge in [0.2, 0.25) is 0 Å². The fraction of sp³-hybridized carbons (Fsp3) is 0.550. The molecule has 4 aromatic carbocycles. The van der Waals surface area contributed by atoms with Crippen molar-refractivity contribution in [2.24, 2.45) is 52.3 Å². The molecule has 2 saturated heterocycles. The lowest BCUT2D eigenvalue weighted by Gasteiger charge is -2.56. The van der Waals surface area contributed by atoms with Gasteiger partial charge in [0, 0.05) is 68.1 Å². The van der Waals surface area contributed by atoms with Gasteiger partial charge < -0.3 is 61.3 Å². The maximum Gasteiger partial charge on any atom is 0.340 e. The van der Waals surface area contributed by atoms with Gasteiger partial charge in [0.1, 0.15) is 11.5 Å². The van der Waals surface area contributed by atoms with E-state index in [-0.39, 0.29) is 96.3 Å². The zero-order valence-corrected chi connectivity index (χ0v) is 55.5. The van der Waals surface area contributed by atoms with Crippen LogP contribution in [0, 0.1) is 64.1 Å². The Hall–Kier alpha value is -6.38. The highest BCUT2D eigenvalue weighted by Gasteiger charge is 2.68. The normalized spacial score (nSPS) is 32.1. The Morgan fingerprint density at radius 1 is 0.840 bits per heavy atom. The standard InChI is InChI=1S/C80H99N5O9/c1-4-30-82-47-53-35-50-23-31-83-46-52-15-11-16-54(37-52)60-19-18-59(87)42-64(60)69-61-22-29-80(67(93-76(90)72(69)80)39-51(25-33-86)34-49-13-7-5-8-14-49)71-62(61)20-21-63-70(71)75(89)94-74(63)66(88)45-78(57-24-32-84-68(41-57)81-3)43-56-40-58(79(92)27-9-6-10-28-79)17-12-26-77(2,91)48-85-73(65(56)44-78)55(36-50)38-53/h5,7-8,11,13-16,18-19,35-39,42,51,56-58,61-62,65,68,71,73,81-87,89,91-92H,4,6,9-10,20-34,40-41,43-48H2,1-3H3/b67-39-/t51-,56-,57-,58+,61-,62+,65-,68+,71-,73+,77+,78+,80-/m1/s1. The molecular weight excluding hydrogens is 1170 g/mol. The summed E-state index contributed by atoms with van der Waals surface area (Å²) in [6, 6.07) is 31.2. The largest absolute Gasteiger partial charge is 0.508 e. The van der Waals surface area contributed by atoms with Crippen molar-refractivity contribution in [3.8, 4) is 34.7 Å². The first-order valence-corrected chi connectivity index (χ1v) is 35.9. The van der Waals surface area contributed by atoms with Crippen molar-refractivity contribution in [2.45, 2.75) is 185 Å². The van der Waals surface area contributed by atoms with Crippen LogP contribution < -0.4 is 26.6 Å². The molecule has 1 aromatic heterocycles. The minimum atomic E-state index is -1.17. The molecule has 10 N–H and O–H groups in total. The quantitative estimate of drug-likeness (QED) is 0.0319. The number of furan rings is 1. The Morgan fingerprint density at radius 3 is 2.51 bits per heavy atom. The van der Waals surface area contributed by atoms with Crippen molar-refractivity contribution in [3.63, 3.8) is 0 Å². The molecule has 11 aliphatic rings. The van der Waals surface area contributed by atoms with E-state index in [1.807, 2.05) is 44.3 Å². The minimum Gasteiger partial charge on any atom is -0.508 e. The number of piperidine rings is 1. The number of rotatable bonds is 12. The van der Waals surface area contributed by atoms with E-state index in [0.717, 1.165) is 115 Å². The number of hydrogen-bond donors (Lipinski definition) is 10. The van der Waals surface area contributed by atoms with Gasteiger partial charge in [-0.2, -0.15) is 0 Å². The lowest BCUT2D eigenvalue weighted by molar-refractivity contribution is -0.132. The number of carbonyl (C=O) groups excluding carboxylic acids is 2. The summed E-state index contributed by atoms with van der Waals surface area (Å²) in [6.45, 7) is 7.99. The smallest absolute Gasteiger partial charge is 0.340 e. The third-order valence-electron chi connectivity index (χ3n) is 24.3. The average Bonchev–Trinajstić information content (AvgIpc) is 1.40. The Kier molecular flexibility index (Phi) is 18.6. The summed E-state index contributed by atoms with van der Waals surface area (Å²) in [6.07, 6.45) is 15.9. The third kappa shape index (κ3) is 12.4. The highest BCUT2D eigenvalue weighted by molar-refractivity contribution is 6.07. The highest BCUT2D eigenvalue weighted by atomic mass is 16.5. The molecule has 14 heteroatoms. The van der Waals surface area contributed by atoms with Crippen LogP contribution in [0.2, 0.25) is 0 Å². The van der Waals surface area contributed by atoms with Crippen molar-refractivity contribution in [1.29, 1.82) is 0 Å². The number of benzene rings is 4. The molecule has 94 heavy (non-hydrogen) atoms. The molecule has 5 aliphatic heterocycles. The Labute approximate surface area is 555 Å². The van der Waals surface area contributed by atoms with Gasteiger partial charge in [-0.3, -0.25) is 4.79 Å². The fourth-order valence-electron chi connectivity index (χ4n) is 20.0. The molecule has 16 rings (SSSR count). The first-order valence-electron chi connectivity index (χ1n) is 35.9. The Balaban J connectivity index is 0.961. The van der Waals surface area contributed by atoms with Crippen LogP contribution in [-0.2, 0) is 41.9 Å². The molecule has 3 saturated carbocycles. The van der Waals surface area contributed by atoms with E-state index >= 15 is 9.59 Å². The number of hydrogen-bond acceptors (Lipinski definition) is 14. The molecule has 13 atom stereocenters. The summed E-state index contributed by atoms with van der Waals surface area (Å²) in [7, 11) is 2.01. The maximum absolute atomic E-state index is 16.5. The number of carbonyl (C=O) groups is 2. The topological polar surface area (TPSA) is 218 Å². The second-order valence-electron chi connectivity index (χ2n) is 30.3. The van der Waals surface area contributed by atoms with Crippen LogP contribution in [0.1, 0.15) is 190 Å². The monoisotopic (exact) mass is 1270 g/mol. The first-order chi connectivity index (χ1) is 45.6. The zero-order valence-electron chi connectivity index (χ0n) is 55.5. The van der Waals surface area contributed by atoms with Crippen LogP contribution >= 0.6 is 0 Å². The molecule has 0 amide bonds. The summed E-state index contributed by atoms with van der Waals surface area (Å²) in [5.74, 6) is 5.88. The number of aliphatic hydroxyl groups is 3. The Bertz CT molecular complexity index is 3760. The molecule has 14 bridgehead atoms. The second kappa shape index (κ2) is 26.9.